The molecule has 1 aromatic carbocycles. The summed E-state index contributed by atoms with van der Waals surface area (Å²) in [5, 5.41) is 3.32. The van der Waals surface area contributed by atoms with Crippen LogP contribution in [-0.4, -0.2) is 31.6 Å². The Morgan fingerprint density at radius 3 is 2.65 bits per heavy atom. The third-order valence-electron chi connectivity index (χ3n) is 3.77. The molecule has 0 aromatic heterocycles. The molecule has 1 atom stereocenters. The third kappa shape index (κ3) is 3.30. The SMILES string of the molecule is CNCC1(C)CCN(Cc2ccc(C)cc2)C1. The van der Waals surface area contributed by atoms with Crippen molar-refractivity contribution in [2.45, 2.75) is 26.8 Å². The molecule has 1 unspecified atom stereocenters. The van der Waals surface area contributed by atoms with E-state index in [1.165, 1.54) is 30.6 Å². The largest absolute Gasteiger partial charge is 0.319 e. The molecule has 0 radical (unpaired) electrons. The molecule has 2 rings (SSSR count). The Bertz CT molecular complexity index is 358. The fourth-order valence-corrected chi connectivity index (χ4v) is 2.78. The predicted molar refractivity (Wildman–Crippen MR) is 73.1 cm³/mol. The lowest BCUT2D eigenvalue weighted by Gasteiger charge is -2.24. The number of nitrogens with zero attached hydrogens (tertiary/aromatic N) is 1. The Morgan fingerprint density at radius 1 is 1.29 bits per heavy atom. The molecular weight excluding hydrogens is 208 g/mol. The molecule has 94 valence electrons. The molecule has 1 aliphatic rings. The minimum atomic E-state index is 0.458. The molecule has 2 heteroatoms. The van der Waals surface area contributed by atoms with Crippen LogP contribution in [-0.2, 0) is 6.54 Å². The van der Waals surface area contributed by atoms with Gasteiger partial charge in [-0.2, -0.15) is 0 Å². The first-order chi connectivity index (χ1) is 8.11. The van der Waals surface area contributed by atoms with Gasteiger partial charge in [0.1, 0.15) is 0 Å². The van der Waals surface area contributed by atoms with Gasteiger partial charge < -0.3 is 5.32 Å². The van der Waals surface area contributed by atoms with E-state index in [1.54, 1.807) is 0 Å². The monoisotopic (exact) mass is 232 g/mol. The summed E-state index contributed by atoms with van der Waals surface area (Å²) >= 11 is 0. The smallest absolute Gasteiger partial charge is 0.0233 e. The van der Waals surface area contributed by atoms with E-state index in [9.17, 15) is 0 Å². The summed E-state index contributed by atoms with van der Waals surface area (Å²) in [6.07, 6.45) is 1.31. The number of hydrogen-bond donors (Lipinski definition) is 1. The maximum Gasteiger partial charge on any atom is 0.0233 e. The van der Waals surface area contributed by atoms with Crippen LogP contribution in [0.1, 0.15) is 24.5 Å². The molecular formula is C15H24N2. The molecule has 0 spiro atoms. The van der Waals surface area contributed by atoms with Gasteiger partial charge in [-0.1, -0.05) is 36.8 Å². The third-order valence-corrected chi connectivity index (χ3v) is 3.77. The fourth-order valence-electron chi connectivity index (χ4n) is 2.78. The zero-order valence-electron chi connectivity index (χ0n) is 11.3. The van der Waals surface area contributed by atoms with Crippen LogP contribution in [0.2, 0.25) is 0 Å². The van der Waals surface area contributed by atoms with Crippen LogP contribution in [0.15, 0.2) is 24.3 Å². The summed E-state index contributed by atoms with van der Waals surface area (Å²) in [4.78, 5) is 2.57. The first-order valence-electron chi connectivity index (χ1n) is 6.54. The fraction of sp³-hybridized carbons (Fsp3) is 0.600. The quantitative estimate of drug-likeness (QED) is 0.857. The van der Waals surface area contributed by atoms with Crippen LogP contribution in [0.25, 0.3) is 0 Å². The number of aryl methyl sites for hydroxylation is 1. The lowest BCUT2D eigenvalue weighted by molar-refractivity contribution is 0.265. The summed E-state index contributed by atoms with van der Waals surface area (Å²) < 4.78 is 0. The highest BCUT2D eigenvalue weighted by atomic mass is 15.2. The van der Waals surface area contributed by atoms with Crippen molar-refractivity contribution < 1.29 is 0 Å². The Labute approximate surface area is 105 Å². The minimum absolute atomic E-state index is 0.458. The van der Waals surface area contributed by atoms with Crippen molar-refractivity contribution in [3.8, 4) is 0 Å². The number of nitrogens with one attached hydrogen (secondary N) is 1. The zero-order chi connectivity index (χ0) is 12.3. The Hall–Kier alpha value is -0.860. The van der Waals surface area contributed by atoms with E-state index in [2.05, 4.69) is 48.3 Å². The van der Waals surface area contributed by atoms with Crippen molar-refractivity contribution in [3.63, 3.8) is 0 Å². The van der Waals surface area contributed by atoms with Crippen LogP contribution >= 0.6 is 0 Å². The first-order valence-corrected chi connectivity index (χ1v) is 6.54. The number of hydrogen-bond acceptors (Lipinski definition) is 2. The van der Waals surface area contributed by atoms with Gasteiger partial charge in [0.05, 0.1) is 0 Å². The summed E-state index contributed by atoms with van der Waals surface area (Å²) in [6.45, 7) is 9.19. The predicted octanol–water partition coefficient (Wildman–Crippen LogP) is 2.43. The lowest BCUT2D eigenvalue weighted by atomic mass is 9.90. The normalized spacial score (nSPS) is 25.4. The van der Waals surface area contributed by atoms with Crippen LogP contribution < -0.4 is 5.32 Å². The van der Waals surface area contributed by atoms with Crippen LogP contribution in [0.5, 0.6) is 0 Å². The van der Waals surface area contributed by atoms with Gasteiger partial charge >= 0.3 is 0 Å². The van der Waals surface area contributed by atoms with Gasteiger partial charge in [-0.05, 0) is 37.9 Å². The van der Waals surface area contributed by atoms with Gasteiger partial charge in [0.15, 0.2) is 0 Å². The Balaban J connectivity index is 1.91. The van der Waals surface area contributed by atoms with Crippen molar-refractivity contribution in [2.24, 2.45) is 5.41 Å². The number of rotatable bonds is 4. The van der Waals surface area contributed by atoms with E-state index in [0.29, 0.717) is 5.41 Å². The molecule has 0 amide bonds. The molecule has 0 bridgehead atoms. The molecule has 1 aromatic rings. The molecule has 2 nitrogen and oxygen atoms in total. The maximum absolute atomic E-state index is 3.32. The first kappa shape index (κ1) is 12.6. The molecule has 1 N–H and O–H groups in total. The highest BCUT2D eigenvalue weighted by Gasteiger charge is 2.32. The van der Waals surface area contributed by atoms with Crippen LogP contribution in [0, 0.1) is 12.3 Å². The van der Waals surface area contributed by atoms with Crippen LogP contribution in [0.4, 0.5) is 0 Å². The topological polar surface area (TPSA) is 15.3 Å². The summed E-state index contributed by atoms with van der Waals surface area (Å²) in [5.41, 5.74) is 3.24. The van der Waals surface area contributed by atoms with E-state index in [-0.39, 0.29) is 0 Å². The second-order valence-electron chi connectivity index (χ2n) is 5.79. The van der Waals surface area contributed by atoms with E-state index >= 15 is 0 Å². The zero-order valence-corrected chi connectivity index (χ0v) is 11.3. The standard InChI is InChI=1S/C15H24N2/c1-13-4-6-14(7-5-13)10-17-9-8-15(2,12-17)11-16-3/h4-7,16H,8-12H2,1-3H3. The Morgan fingerprint density at radius 2 is 2.00 bits per heavy atom. The molecule has 0 saturated carbocycles. The molecule has 17 heavy (non-hydrogen) atoms. The second kappa shape index (κ2) is 5.19. The highest BCUT2D eigenvalue weighted by molar-refractivity contribution is 5.21. The summed E-state index contributed by atoms with van der Waals surface area (Å²) in [5.74, 6) is 0. The Kier molecular flexibility index (Phi) is 3.85. The van der Waals surface area contributed by atoms with E-state index < -0.39 is 0 Å². The second-order valence-corrected chi connectivity index (χ2v) is 5.79. The van der Waals surface area contributed by atoms with Gasteiger partial charge in [0, 0.05) is 19.6 Å². The summed E-state index contributed by atoms with van der Waals surface area (Å²) in [7, 11) is 2.05. The van der Waals surface area contributed by atoms with Gasteiger partial charge in [-0.3, -0.25) is 4.90 Å². The average molecular weight is 232 g/mol. The van der Waals surface area contributed by atoms with E-state index in [1.807, 2.05) is 7.05 Å². The van der Waals surface area contributed by atoms with Gasteiger partial charge in [-0.15, -0.1) is 0 Å². The van der Waals surface area contributed by atoms with E-state index in [4.69, 9.17) is 0 Å². The van der Waals surface area contributed by atoms with Gasteiger partial charge in [0.25, 0.3) is 0 Å². The highest BCUT2D eigenvalue weighted by Crippen LogP contribution is 2.29. The average Bonchev–Trinajstić information content (AvgIpc) is 2.64. The van der Waals surface area contributed by atoms with Gasteiger partial charge in [-0.25, -0.2) is 0 Å². The molecule has 1 fully saturated rings. The summed E-state index contributed by atoms with van der Waals surface area (Å²) in [6, 6.07) is 8.92. The maximum atomic E-state index is 3.32. The van der Waals surface area contributed by atoms with E-state index in [0.717, 1.165) is 13.1 Å². The van der Waals surface area contributed by atoms with Crippen molar-refractivity contribution in [3.05, 3.63) is 35.4 Å². The molecule has 1 heterocycles. The van der Waals surface area contributed by atoms with Crippen molar-refractivity contribution in [2.75, 3.05) is 26.7 Å². The van der Waals surface area contributed by atoms with Crippen molar-refractivity contribution >= 4 is 0 Å². The lowest BCUT2D eigenvalue weighted by Crippen LogP contribution is -2.32. The van der Waals surface area contributed by atoms with Crippen molar-refractivity contribution in [1.29, 1.82) is 0 Å². The minimum Gasteiger partial charge on any atom is -0.319 e. The van der Waals surface area contributed by atoms with Crippen LogP contribution in [0.3, 0.4) is 0 Å². The van der Waals surface area contributed by atoms with Gasteiger partial charge in [0.2, 0.25) is 0 Å². The molecule has 1 saturated heterocycles. The number of benzene rings is 1. The molecule has 0 aliphatic carbocycles. The molecule has 1 aliphatic heterocycles. The van der Waals surface area contributed by atoms with Crippen molar-refractivity contribution in [1.82, 2.24) is 10.2 Å². The number of likely N-dealkylation sites (tertiary alicyclic amines) is 1.